The SMILES string of the molecule is CCCCCCCCCCCCCCCCCCCCCCCCC(=O)O[C@H](COC(=O)CCCCCCCCCCCCCCCCCCC(C)C)COP(=O)(O)OC[C@@H](O)COP(=O)(O)OC[C@@H](COC(=O)CCCCCCCCCCC)OC(=O)CCCCCCCCC(C)CC. The topological polar surface area (TPSA) is 237 Å². The van der Waals surface area contributed by atoms with Crippen LogP contribution in [0.1, 0.15) is 427 Å². The molecule has 3 N–H and O–H groups in total. The van der Waals surface area contributed by atoms with Crippen LogP contribution in [0.3, 0.4) is 0 Å². The van der Waals surface area contributed by atoms with Gasteiger partial charge in [0.25, 0.3) is 0 Å². The van der Waals surface area contributed by atoms with Gasteiger partial charge < -0.3 is 33.8 Å². The molecule has 0 spiro atoms. The predicted octanol–water partition coefficient (Wildman–Crippen LogP) is 24.3. The molecule has 17 nitrogen and oxygen atoms in total. The maximum atomic E-state index is 13.1. The van der Waals surface area contributed by atoms with Crippen LogP contribution in [0.5, 0.6) is 0 Å². The highest BCUT2D eigenvalue weighted by atomic mass is 31.2. The Kier molecular flexibility index (Phi) is 71.2. The lowest BCUT2D eigenvalue weighted by molar-refractivity contribution is -0.161. The molecule has 3 unspecified atom stereocenters. The van der Waals surface area contributed by atoms with Crippen molar-refractivity contribution in [1.82, 2.24) is 0 Å². The van der Waals surface area contributed by atoms with E-state index in [1.165, 1.54) is 244 Å². The van der Waals surface area contributed by atoms with Crippen LogP contribution < -0.4 is 0 Å². The van der Waals surface area contributed by atoms with Crippen LogP contribution in [0.2, 0.25) is 0 Å². The Balaban J connectivity index is 5.17. The summed E-state index contributed by atoms with van der Waals surface area (Å²) in [6.45, 7) is 9.59. The van der Waals surface area contributed by atoms with E-state index in [0.717, 1.165) is 102 Å². The third kappa shape index (κ3) is 73.0. The number of carbonyl (C=O) groups excluding carboxylic acids is 4. The molecule has 0 rings (SSSR count). The van der Waals surface area contributed by atoms with Gasteiger partial charge in [-0.3, -0.25) is 37.3 Å². The molecule has 100 heavy (non-hydrogen) atoms. The first-order valence-corrected chi connectivity index (χ1v) is 45.0. The van der Waals surface area contributed by atoms with Crippen LogP contribution in [0.15, 0.2) is 0 Å². The van der Waals surface area contributed by atoms with Crippen LogP contribution >= 0.6 is 15.6 Å². The minimum atomic E-state index is -4.96. The van der Waals surface area contributed by atoms with E-state index in [1.807, 2.05) is 0 Å². The van der Waals surface area contributed by atoms with Crippen molar-refractivity contribution in [2.75, 3.05) is 39.6 Å². The highest BCUT2D eigenvalue weighted by Gasteiger charge is 2.30. The first kappa shape index (κ1) is 98.1. The zero-order valence-electron chi connectivity index (χ0n) is 65.5. The van der Waals surface area contributed by atoms with Gasteiger partial charge in [0.1, 0.15) is 19.3 Å². The Morgan fingerprint density at radius 3 is 0.760 bits per heavy atom. The number of phosphoric ester groups is 2. The number of esters is 4. The van der Waals surface area contributed by atoms with Gasteiger partial charge in [-0.15, -0.1) is 0 Å². The first-order valence-electron chi connectivity index (χ1n) is 42.0. The minimum absolute atomic E-state index is 0.103. The maximum absolute atomic E-state index is 13.1. The standard InChI is InChI=1S/C81H158O17P2/c1-7-10-12-14-16-18-19-20-21-22-23-24-25-26-27-32-35-38-42-46-53-59-65-80(85)97-76(69-92-79(84)64-58-52-45-41-37-34-31-29-28-30-33-36-40-43-49-55-61-73(4)5)71-95-99(87,88)93-67-75(82)68-94-100(89,90)96-72-77(70-91-78(83)63-57-51-44-39-17-15-13-11-8-2)98-81(86)66-60-54-48-47-50-56-62-74(6)9-3/h73-77,82H,7-72H2,1-6H3,(H,87,88)(H,89,90)/t74?,75-,76-,77-/m1/s1. The largest absolute Gasteiger partial charge is 0.472 e. The van der Waals surface area contributed by atoms with Gasteiger partial charge in [-0.25, -0.2) is 9.13 Å². The molecule has 0 aromatic carbocycles. The maximum Gasteiger partial charge on any atom is 0.472 e. The summed E-state index contributed by atoms with van der Waals surface area (Å²) in [5, 5.41) is 10.6. The second-order valence-corrected chi connectivity index (χ2v) is 32.8. The van der Waals surface area contributed by atoms with Crippen LogP contribution in [-0.2, 0) is 65.4 Å². The molecule has 0 aliphatic carbocycles. The molecule has 0 radical (unpaired) electrons. The normalized spacial score (nSPS) is 14.2. The summed E-state index contributed by atoms with van der Waals surface area (Å²) in [6, 6.07) is 0. The average Bonchev–Trinajstić information content (AvgIpc) is 0.927. The van der Waals surface area contributed by atoms with Gasteiger partial charge in [-0.05, 0) is 37.5 Å². The second-order valence-electron chi connectivity index (χ2n) is 29.9. The number of aliphatic hydroxyl groups excluding tert-OH is 1. The smallest absolute Gasteiger partial charge is 0.462 e. The van der Waals surface area contributed by atoms with Crippen molar-refractivity contribution < 1.29 is 80.2 Å². The quantitative estimate of drug-likeness (QED) is 0.0222. The molecule has 6 atom stereocenters. The number of hydrogen-bond acceptors (Lipinski definition) is 15. The molecule has 0 bridgehead atoms. The molecule has 0 fully saturated rings. The van der Waals surface area contributed by atoms with Crippen molar-refractivity contribution in [3.05, 3.63) is 0 Å². The first-order chi connectivity index (χ1) is 48.4. The van der Waals surface area contributed by atoms with Crippen LogP contribution in [0.4, 0.5) is 0 Å². The number of carbonyl (C=O) groups is 4. The molecule has 0 aromatic rings. The molecular formula is C81H158O17P2. The molecule has 0 saturated heterocycles. The Morgan fingerprint density at radius 1 is 0.290 bits per heavy atom. The lowest BCUT2D eigenvalue weighted by Crippen LogP contribution is -2.30. The number of hydrogen-bond donors (Lipinski definition) is 3. The van der Waals surface area contributed by atoms with Gasteiger partial charge in [0.2, 0.25) is 0 Å². The van der Waals surface area contributed by atoms with E-state index >= 15 is 0 Å². The number of rotatable bonds is 80. The Bertz CT molecular complexity index is 1930. The zero-order valence-corrected chi connectivity index (χ0v) is 67.3. The monoisotopic (exact) mass is 1470 g/mol. The summed E-state index contributed by atoms with van der Waals surface area (Å²) in [5.74, 6) is -0.582. The summed E-state index contributed by atoms with van der Waals surface area (Å²) in [6.07, 6.45) is 62.8. The van der Waals surface area contributed by atoms with E-state index in [2.05, 4.69) is 41.5 Å². The van der Waals surface area contributed by atoms with E-state index < -0.39 is 97.5 Å². The van der Waals surface area contributed by atoms with E-state index in [4.69, 9.17) is 37.0 Å². The molecule has 0 amide bonds. The fraction of sp³-hybridized carbons (Fsp3) is 0.951. The van der Waals surface area contributed by atoms with Crippen molar-refractivity contribution in [2.24, 2.45) is 11.8 Å². The summed E-state index contributed by atoms with van der Waals surface area (Å²) in [7, 11) is -9.91. The second kappa shape index (κ2) is 72.6. The fourth-order valence-corrected chi connectivity index (χ4v) is 14.1. The number of aliphatic hydroxyl groups is 1. The highest BCUT2D eigenvalue weighted by molar-refractivity contribution is 7.47. The van der Waals surface area contributed by atoms with Crippen LogP contribution in [0, 0.1) is 11.8 Å². The van der Waals surface area contributed by atoms with Gasteiger partial charge in [-0.2, -0.15) is 0 Å². The Hall–Kier alpha value is -1.94. The molecule has 594 valence electrons. The molecule has 0 aromatic heterocycles. The lowest BCUT2D eigenvalue weighted by Gasteiger charge is -2.21. The summed E-state index contributed by atoms with van der Waals surface area (Å²) >= 11 is 0. The average molecular weight is 1470 g/mol. The Morgan fingerprint density at radius 2 is 0.510 bits per heavy atom. The van der Waals surface area contributed by atoms with Crippen molar-refractivity contribution in [2.45, 2.75) is 445 Å². The fourth-order valence-electron chi connectivity index (χ4n) is 12.5. The van der Waals surface area contributed by atoms with Gasteiger partial charge in [0.05, 0.1) is 26.4 Å². The van der Waals surface area contributed by atoms with Gasteiger partial charge in [0, 0.05) is 25.7 Å². The summed E-state index contributed by atoms with van der Waals surface area (Å²) < 4.78 is 68.6. The molecule has 0 saturated carbocycles. The predicted molar refractivity (Wildman–Crippen MR) is 409 cm³/mol. The lowest BCUT2D eigenvalue weighted by atomic mass is 10.00. The van der Waals surface area contributed by atoms with Gasteiger partial charge in [-0.1, -0.05) is 375 Å². The summed E-state index contributed by atoms with van der Waals surface area (Å²) in [4.78, 5) is 72.9. The molecular weight excluding hydrogens is 1310 g/mol. The van der Waals surface area contributed by atoms with E-state index in [-0.39, 0.29) is 25.7 Å². The van der Waals surface area contributed by atoms with Crippen molar-refractivity contribution in [3.63, 3.8) is 0 Å². The number of ether oxygens (including phenoxy) is 4. The molecule has 0 aliphatic rings. The third-order valence-electron chi connectivity index (χ3n) is 19.3. The summed E-state index contributed by atoms with van der Waals surface area (Å²) in [5.41, 5.74) is 0. The third-order valence-corrected chi connectivity index (χ3v) is 21.2. The number of phosphoric acid groups is 2. The van der Waals surface area contributed by atoms with Crippen LogP contribution in [0.25, 0.3) is 0 Å². The minimum Gasteiger partial charge on any atom is -0.462 e. The molecule has 0 aliphatic heterocycles. The Labute approximate surface area is 613 Å². The van der Waals surface area contributed by atoms with E-state index in [0.29, 0.717) is 25.7 Å². The van der Waals surface area contributed by atoms with Crippen molar-refractivity contribution in [3.8, 4) is 0 Å². The highest BCUT2D eigenvalue weighted by Crippen LogP contribution is 2.45. The molecule has 0 heterocycles. The molecule has 19 heteroatoms. The van der Waals surface area contributed by atoms with Gasteiger partial charge in [0.15, 0.2) is 12.2 Å². The van der Waals surface area contributed by atoms with E-state index in [1.54, 1.807) is 0 Å². The van der Waals surface area contributed by atoms with E-state index in [9.17, 15) is 43.2 Å². The van der Waals surface area contributed by atoms with Crippen molar-refractivity contribution >= 4 is 39.5 Å². The number of unbranched alkanes of at least 4 members (excludes halogenated alkanes) is 49. The zero-order chi connectivity index (χ0) is 73.5. The van der Waals surface area contributed by atoms with Crippen molar-refractivity contribution in [1.29, 1.82) is 0 Å². The van der Waals surface area contributed by atoms with Crippen LogP contribution in [-0.4, -0.2) is 96.7 Å². The van der Waals surface area contributed by atoms with Gasteiger partial charge >= 0.3 is 39.5 Å².